The minimum Gasteiger partial charge on any atom is -0.368 e. The Kier molecular flexibility index (Phi) is 1.47. The molecule has 0 amide bonds. The lowest BCUT2D eigenvalue weighted by Crippen LogP contribution is -2.45. The Bertz CT molecular complexity index is 158. The third-order valence-corrected chi connectivity index (χ3v) is 2.19. The normalized spacial score (nSPS) is 39.8. The minimum absolute atomic E-state index is 0.0220. The quantitative estimate of drug-likeness (QED) is 0.503. The number of nitrogens with one attached hydrogen (secondary N) is 1. The van der Waals surface area contributed by atoms with Crippen LogP contribution in [0.3, 0.4) is 0 Å². The number of Topliss-reactive ketones (excluding diaryl/α,β-unsaturated/α-hetero) is 1. The number of carbonyl (C=O) groups is 1. The molecule has 0 aromatic heterocycles. The van der Waals surface area contributed by atoms with Gasteiger partial charge in [0.25, 0.3) is 0 Å². The molecular weight excluding hydrogens is 130 g/mol. The highest BCUT2D eigenvalue weighted by Crippen LogP contribution is 2.18. The van der Waals surface area contributed by atoms with Crippen LogP contribution in [0.1, 0.15) is 12.8 Å². The number of fused-ring (bicyclic) bond motifs is 1. The minimum atomic E-state index is 0.0220. The average Bonchev–Trinajstić information content (AvgIpc) is 2.34. The fourth-order valence-corrected chi connectivity index (χ4v) is 1.64. The Hall–Kier alpha value is -0.410. The van der Waals surface area contributed by atoms with E-state index in [1.54, 1.807) is 0 Å². The summed E-state index contributed by atoms with van der Waals surface area (Å²) < 4.78 is 5.26. The van der Waals surface area contributed by atoms with Crippen LogP contribution in [0.4, 0.5) is 0 Å². The molecule has 56 valence electrons. The van der Waals surface area contributed by atoms with E-state index in [4.69, 9.17) is 4.74 Å². The average molecular weight is 141 g/mol. The molecule has 3 nitrogen and oxygen atoms in total. The molecule has 0 bridgehead atoms. The van der Waals surface area contributed by atoms with Gasteiger partial charge in [-0.1, -0.05) is 0 Å². The van der Waals surface area contributed by atoms with Crippen molar-refractivity contribution >= 4 is 5.78 Å². The van der Waals surface area contributed by atoms with E-state index in [0.29, 0.717) is 6.61 Å². The zero-order valence-corrected chi connectivity index (χ0v) is 5.80. The molecule has 0 saturated carbocycles. The van der Waals surface area contributed by atoms with Crippen LogP contribution in [0.2, 0.25) is 0 Å². The first-order valence-corrected chi connectivity index (χ1v) is 3.75. The van der Waals surface area contributed by atoms with Crippen LogP contribution in [0.15, 0.2) is 0 Å². The van der Waals surface area contributed by atoms with Gasteiger partial charge >= 0.3 is 0 Å². The van der Waals surface area contributed by atoms with Crippen LogP contribution in [0.25, 0.3) is 0 Å². The zero-order chi connectivity index (χ0) is 6.97. The van der Waals surface area contributed by atoms with Gasteiger partial charge in [-0.05, 0) is 19.4 Å². The van der Waals surface area contributed by atoms with E-state index in [2.05, 4.69) is 5.32 Å². The van der Waals surface area contributed by atoms with Crippen molar-refractivity contribution in [3.8, 4) is 0 Å². The van der Waals surface area contributed by atoms with E-state index < -0.39 is 0 Å². The molecule has 1 N–H and O–H groups in total. The van der Waals surface area contributed by atoms with Crippen molar-refractivity contribution in [2.45, 2.75) is 25.0 Å². The van der Waals surface area contributed by atoms with E-state index >= 15 is 0 Å². The van der Waals surface area contributed by atoms with E-state index in [-0.39, 0.29) is 17.9 Å². The van der Waals surface area contributed by atoms with Crippen molar-refractivity contribution in [3.63, 3.8) is 0 Å². The standard InChI is InChI=1S/C7H11NO2/c9-5-4-10-6-2-1-3-8-7(5)6/h6-8H,1-4H2. The molecular formula is C7H11NO2. The summed E-state index contributed by atoms with van der Waals surface area (Å²) in [5, 5.41) is 3.16. The summed E-state index contributed by atoms with van der Waals surface area (Å²) in [4.78, 5) is 11.0. The number of hydrogen-bond donors (Lipinski definition) is 1. The Labute approximate surface area is 59.7 Å². The van der Waals surface area contributed by atoms with Crippen molar-refractivity contribution in [1.82, 2.24) is 5.32 Å². The van der Waals surface area contributed by atoms with Gasteiger partial charge in [0.05, 0.1) is 12.1 Å². The molecule has 0 spiro atoms. The van der Waals surface area contributed by atoms with Crippen LogP contribution in [-0.2, 0) is 9.53 Å². The highest BCUT2D eigenvalue weighted by molar-refractivity contribution is 5.87. The first-order chi connectivity index (χ1) is 4.88. The molecule has 10 heavy (non-hydrogen) atoms. The van der Waals surface area contributed by atoms with Crippen molar-refractivity contribution < 1.29 is 9.53 Å². The summed E-state index contributed by atoms with van der Waals surface area (Å²) in [7, 11) is 0. The SMILES string of the molecule is O=C1COC2CCCNC12. The van der Waals surface area contributed by atoms with Crippen molar-refractivity contribution in [2.75, 3.05) is 13.2 Å². The van der Waals surface area contributed by atoms with Crippen molar-refractivity contribution in [3.05, 3.63) is 0 Å². The van der Waals surface area contributed by atoms with Gasteiger partial charge in [-0.2, -0.15) is 0 Å². The molecule has 2 rings (SSSR count). The Balaban J connectivity index is 2.08. The van der Waals surface area contributed by atoms with Crippen molar-refractivity contribution in [1.29, 1.82) is 0 Å². The smallest absolute Gasteiger partial charge is 0.177 e. The second-order valence-electron chi connectivity index (χ2n) is 2.89. The molecule has 2 unspecified atom stereocenters. The molecule has 0 aromatic carbocycles. The molecule has 0 aromatic rings. The summed E-state index contributed by atoms with van der Waals surface area (Å²) in [6.07, 6.45) is 2.36. The zero-order valence-electron chi connectivity index (χ0n) is 5.80. The van der Waals surface area contributed by atoms with Gasteiger partial charge < -0.3 is 10.1 Å². The fourth-order valence-electron chi connectivity index (χ4n) is 1.64. The van der Waals surface area contributed by atoms with Gasteiger partial charge in [0.2, 0.25) is 0 Å². The molecule has 2 aliphatic heterocycles. The van der Waals surface area contributed by atoms with Gasteiger partial charge in [-0.15, -0.1) is 0 Å². The summed E-state index contributed by atoms with van der Waals surface area (Å²) in [6, 6.07) is 0.0220. The number of ether oxygens (including phenoxy) is 1. The highest BCUT2D eigenvalue weighted by Gasteiger charge is 2.36. The maximum absolute atomic E-state index is 11.0. The summed E-state index contributed by atoms with van der Waals surface area (Å²) in [5.41, 5.74) is 0. The monoisotopic (exact) mass is 141 g/mol. The molecule has 2 heterocycles. The maximum Gasteiger partial charge on any atom is 0.177 e. The molecule has 0 aliphatic carbocycles. The lowest BCUT2D eigenvalue weighted by atomic mass is 10.0. The number of ketones is 1. The first kappa shape index (κ1) is 6.31. The van der Waals surface area contributed by atoms with Crippen LogP contribution >= 0.6 is 0 Å². The predicted molar refractivity (Wildman–Crippen MR) is 35.8 cm³/mol. The third-order valence-electron chi connectivity index (χ3n) is 2.19. The van der Waals surface area contributed by atoms with Gasteiger partial charge in [-0.25, -0.2) is 0 Å². The molecule has 2 atom stereocenters. The van der Waals surface area contributed by atoms with E-state index in [1.807, 2.05) is 0 Å². The number of hydrogen-bond acceptors (Lipinski definition) is 3. The lowest BCUT2D eigenvalue weighted by Gasteiger charge is -2.23. The summed E-state index contributed by atoms with van der Waals surface area (Å²) >= 11 is 0. The topological polar surface area (TPSA) is 38.3 Å². The van der Waals surface area contributed by atoms with Crippen LogP contribution in [0.5, 0.6) is 0 Å². The second-order valence-corrected chi connectivity index (χ2v) is 2.89. The van der Waals surface area contributed by atoms with E-state index in [9.17, 15) is 4.79 Å². The molecule has 2 aliphatic rings. The van der Waals surface area contributed by atoms with Gasteiger partial charge in [0.15, 0.2) is 5.78 Å². The second kappa shape index (κ2) is 2.32. The molecule has 3 heteroatoms. The molecule has 0 radical (unpaired) electrons. The van der Waals surface area contributed by atoms with Gasteiger partial charge in [0, 0.05) is 0 Å². The third kappa shape index (κ3) is 0.859. The van der Waals surface area contributed by atoms with E-state index in [1.165, 1.54) is 0 Å². The molecule has 2 saturated heterocycles. The van der Waals surface area contributed by atoms with Crippen LogP contribution < -0.4 is 5.32 Å². The Morgan fingerprint density at radius 3 is 3.30 bits per heavy atom. The van der Waals surface area contributed by atoms with E-state index in [0.717, 1.165) is 19.4 Å². The highest BCUT2D eigenvalue weighted by atomic mass is 16.5. The first-order valence-electron chi connectivity index (χ1n) is 3.75. The van der Waals surface area contributed by atoms with Crippen LogP contribution in [0, 0.1) is 0 Å². The maximum atomic E-state index is 11.0. The number of piperidine rings is 1. The predicted octanol–water partition coefficient (Wildman–Crippen LogP) is -0.294. The van der Waals surface area contributed by atoms with Crippen molar-refractivity contribution in [2.24, 2.45) is 0 Å². The molecule has 2 fully saturated rings. The largest absolute Gasteiger partial charge is 0.368 e. The fraction of sp³-hybridized carbons (Fsp3) is 0.857. The Morgan fingerprint density at radius 1 is 1.60 bits per heavy atom. The van der Waals surface area contributed by atoms with Gasteiger partial charge in [-0.3, -0.25) is 4.79 Å². The lowest BCUT2D eigenvalue weighted by molar-refractivity contribution is -0.119. The number of rotatable bonds is 0. The number of carbonyl (C=O) groups excluding carboxylic acids is 1. The van der Waals surface area contributed by atoms with Crippen LogP contribution in [-0.4, -0.2) is 31.1 Å². The Morgan fingerprint density at radius 2 is 2.50 bits per heavy atom. The summed E-state index contributed by atoms with van der Waals surface area (Å²) in [5.74, 6) is 0.227. The summed E-state index contributed by atoms with van der Waals surface area (Å²) in [6.45, 7) is 1.29. The van der Waals surface area contributed by atoms with Gasteiger partial charge in [0.1, 0.15) is 6.61 Å².